The quantitative estimate of drug-likeness (QED) is 0.787. The molecule has 2 atom stereocenters. The number of hydrogen-bond donors (Lipinski definition) is 1. The second-order valence-electron chi connectivity index (χ2n) is 8.07. The maximum absolute atomic E-state index is 15.6. The van der Waals surface area contributed by atoms with Gasteiger partial charge in [0.15, 0.2) is 5.75 Å². The van der Waals surface area contributed by atoms with Gasteiger partial charge in [-0.15, -0.1) is 0 Å². The molecule has 0 saturated carbocycles. The maximum Gasteiger partial charge on any atom is 0.323 e. The summed E-state index contributed by atoms with van der Waals surface area (Å²) in [4.78, 5) is 16.5. The summed E-state index contributed by atoms with van der Waals surface area (Å²) in [5.41, 5.74) is -0.396. The molecule has 0 amide bonds. The van der Waals surface area contributed by atoms with Crippen LogP contribution in [-0.2, 0) is 15.5 Å². The minimum absolute atomic E-state index is 0.113. The number of aromatic nitrogens is 1. The van der Waals surface area contributed by atoms with Gasteiger partial charge < -0.3 is 19.5 Å². The summed E-state index contributed by atoms with van der Waals surface area (Å²) in [5.74, 6) is -3.17. The fraction of sp³-hybridized carbons (Fsp3) is 0.524. The van der Waals surface area contributed by atoms with E-state index in [9.17, 15) is 4.79 Å². The molecule has 0 radical (unpaired) electrons. The normalized spacial score (nSPS) is 25.1. The fourth-order valence-corrected chi connectivity index (χ4v) is 4.32. The molecule has 0 bridgehead atoms. The number of carbonyl (C=O) groups excluding carboxylic acids is 1. The zero-order valence-corrected chi connectivity index (χ0v) is 16.8. The van der Waals surface area contributed by atoms with Crippen LogP contribution in [0.15, 0.2) is 18.2 Å². The highest BCUT2D eigenvalue weighted by molar-refractivity contribution is 5.87. The number of fused-ring (bicyclic) bond motifs is 3. The monoisotopic (exact) mass is 406 g/mol. The molecule has 156 valence electrons. The number of alkyl halides is 2. The van der Waals surface area contributed by atoms with Crippen molar-refractivity contribution in [2.24, 2.45) is 0 Å². The highest BCUT2D eigenvalue weighted by Gasteiger charge is 2.56. The molecule has 2 unspecified atom stereocenters. The van der Waals surface area contributed by atoms with Gasteiger partial charge in [-0.3, -0.25) is 4.79 Å². The van der Waals surface area contributed by atoms with E-state index in [-0.39, 0.29) is 30.2 Å². The van der Waals surface area contributed by atoms with Crippen LogP contribution in [-0.4, -0.2) is 43.4 Å². The van der Waals surface area contributed by atoms with E-state index in [1.54, 1.807) is 18.2 Å². The molecule has 1 saturated heterocycles. The van der Waals surface area contributed by atoms with Gasteiger partial charge in [0.25, 0.3) is 5.92 Å². The van der Waals surface area contributed by atoms with Crippen LogP contribution >= 0.6 is 0 Å². The first-order valence-corrected chi connectivity index (χ1v) is 9.60. The Morgan fingerprint density at radius 3 is 2.76 bits per heavy atom. The Hall–Kier alpha value is -2.48. The van der Waals surface area contributed by atoms with E-state index in [2.05, 4.69) is 10.3 Å². The zero-order valence-electron chi connectivity index (χ0n) is 16.8. The van der Waals surface area contributed by atoms with Gasteiger partial charge in [0, 0.05) is 18.4 Å². The molecular formula is C21H24F2N2O4. The Morgan fingerprint density at radius 1 is 1.34 bits per heavy atom. The smallest absolute Gasteiger partial charge is 0.323 e. The van der Waals surface area contributed by atoms with Crippen molar-refractivity contribution in [3.63, 3.8) is 0 Å². The van der Waals surface area contributed by atoms with Gasteiger partial charge in [-0.2, -0.15) is 0 Å². The van der Waals surface area contributed by atoms with Crippen molar-refractivity contribution in [3.05, 3.63) is 29.5 Å². The van der Waals surface area contributed by atoms with Crippen LogP contribution in [0.3, 0.4) is 0 Å². The third kappa shape index (κ3) is 3.19. The molecule has 0 aliphatic carbocycles. The van der Waals surface area contributed by atoms with Crippen LogP contribution in [0.5, 0.6) is 11.5 Å². The molecule has 1 N–H and O–H groups in total. The van der Waals surface area contributed by atoms with Crippen molar-refractivity contribution >= 4 is 16.9 Å². The van der Waals surface area contributed by atoms with Crippen LogP contribution < -0.4 is 14.8 Å². The van der Waals surface area contributed by atoms with Crippen molar-refractivity contribution in [2.45, 2.75) is 50.2 Å². The lowest BCUT2D eigenvalue weighted by Gasteiger charge is -2.40. The highest BCUT2D eigenvalue weighted by atomic mass is 19.3. The lowest BCUT2D eigenvalue weighted by Crippen LogP contribution is -2.47. The number of nitrogens with zero attached hydrogens (tertiary/aromatic N) is 1. The first-order chi connectivity index (χ1) is 13.7. The van der Waals surface area contributed by atoms with Crippen molar-refractivity contribution in [1.29, 1.82) is 0 Å². The first-order valence-electron chi connectivity index (χ1n) is 9.60. The van der Waals surface area contributed by atoms with Crippen molar-refractivity contribution in [2.75, 3.05) is 20.8 Å². The lowest BCUT2D eigenvalue weighted by molar-refractivity contribution is -0.143. The molecule has 2 aliphatic rings. The lowest BCUT2D eigenvalue weighted by atomic mass is 9.83. The van der Waals surface area contributed by atoms with E-state index >= 15 is 8.78 Å². The van der Waals surface area contributed by atoms with Gasteiger partial charge >= 0.3 is 5.97 Å². The van der Waals surface area contributed by atoms with Crippen LogP contribution in [0.2, 0.25) is 0 Å². The third-order valence-corrected chi connectivity index (χ3v) is 5.68. The number of benzene rings is 1. The summed E-state index contributed by atoms with van der Waals surface area (Å²) in [6.07, 6.45) is -0.413. The molecule has 1 aromatic heterocycles. The molecule has 1 fully saturated rings. The summed E-state index contributed by atoms with van der Waals surface area (Å²) in [5, 5.41) is 3.29. The minimum Gasteiger partial charge on any atom is -0.497 e. The Morgan fingerprint density at radius 2 is 2.10 bits per heavy atom. The van der Waals surface area contributed by atoms with Gasteiger partial charge in [0.2, 0.25) is 0 Å². The van der Waals surface area contributed by atoms with E-state index < -0.39 is 30.0 Å². The van der Waals surface area contributed by atoms with Crippen LogP contribution in [0.1, 0.15) is 43.9 Å². The number of pyridine rings is 1. The van der Waals surface area contributed by atoms with E-state index in [1.165, 1.54) is 14.2 Å². The predicted molar refractivity (Wildman–Crippen MR) is 103 cm³/mol. The van der Waals surface area contributed by atoms with Crippen molar-refractivity contribution in [1.82, 2.24) is 10.3 Å². The molecule has 2 aliphatic heterocycles. The SMILES string of the molecule is COC(=O)C1CC2(CN1)CC(F)(F)c1c(c(C(C)C)nc3ccc(OC)cc13)O2. The summed E-state index contributed by atoms with van der Waals surface area (Å²) in [7, 11) is 2.77. The van der Waals surface area contributed by atoms with Crippen LogP contribution in [0.4, 0.5) is 8.78 Å². The Labute approximate surface area is 167 Å². The van der Waals surface area contributed by atoms with Crippen molar-refractivity contribution in [3.8, 4) is 11.5 Å². The fourth-order valence-electron chi connectivity index (χ4n) is 4.32. The van der Waals surface area contributed by atoms with E-state index in [0.29, 0.717) is 22.3 Å². The van der Waals surface area contributed by atoms with Crippen LogP contribution in [0.25, 0.3) is 10.9 Å². The predicted octanol–water partition coefficient (Wildman–Crippen LogP) is 3.51. The standard InChI is InChI=1S/C21H24F2N2O4/c1-11(2)17-18-16(13-7-12(27-3)5-6-14(13)25-17)21(22,23)9-20(29-18)8-15(24-10-20)19(26)28-4/h5-7,11,15,24H,8-10H2,1-4H3. The minimum atomic E-state index is -3.16. The van der Waals surface area contributed by atoms with Gasteiger partial charge in [0.05, 0.1) is 37.4 Å². The average Bonchev–Trinajstić information content (AvgIpc) is 3.07. The summed E-state index contributed by atoms with van der Waals surface area (Å²) in [6.45, 7) is 3.92. The summed E-state index contributed by atoms with van der Waals surface area (Å²) < 4.78 is 47.5. The summed E-state index contributed by atoms with van der Waals surface area (Å²) in [6, 6.07) is 4.29. The van der Waals surface area contributed by atoms with E-state index in [1.807, 2.05) is 13.8 Å². The number of hydrogen-bond acceptors (Lipinski definition) is 6. The maximum atomic E-state index is 15.6. The summed E-state index contributed by atoms with van der Waals surface area (Å²) >= 11 is 0. The van der Waals surface area contributed by atoms with Crippen molar-refractivity contribution < 1.29 is 27.8 Å². The molecule has 2 aromatic rings. The van der Waals surface area contributed by atoms with E-state index in [0.717, 1.165) is 0 Å². The Bertz CT molecular complexity index is 979. The number of methoxy groups -OCH3 is 2. The molecule has 6 nitrogen and oxygen atoms in total. The largest absolute Gasteiger partial charge is 0.497 e. The topological polar surface area (TPSA) is 69.7 Å². The van der Waals surface area contributed by atoms with Gasteiger partial charge in [0.1, 0.15) is 17.4 Å². The molecular weight excluding hydrogens is 382 g/mol. The molecule has 1 spiro atoms. The third-order valence-electron chi connectivity index (χ3n) is 5.68. The number of rotatable bonds is 3. The highest BCUT2D eigenvalue weighted by Crippen LogP contribution is 2.54. The number of nitrogens with one attached hydrogen (secondary N) is 1. The van der Waals surface area contributed by atoms with Gasteiger partial charge in [-0.1, -0.05) is 13.8 Å². The zero-order chi connectivity index (χ0) is 21.0. The second kappa shape index (κ2) is 6.79. The average molecular weight is 406 g/mol. The number of esters is 1. The van der Waals surface area contributed by atoms with E-state index in [4.69, 9.17) is 14.2 Å². The number of carbonyl (C=O) groups is 1. The Balaban J connectivity index is 1.89. The molecule has 1 aromatic carbocycles. The van der Waals surface area contributed by atoms with Crippen LogP contribution in [0, 0.1) is 0 Å². The molecule has 8 heteroatoms. The van der Waals surface area contributed by atoms with Gasteiger partial charge in [-0.05, 0) is 24.1 Å². The number of ether oxygens (including phenoxy) is 3. The second-order valence-corrected chi connectivity index (χ2v) is 8.07. The molecule has 3 heterocycles. The number of halogens is 2. The molecule has 4 rings (SSSR count). The first kappa shape index (κ1) is 19.8. The Kier molecular flexibility index (Phi) is 4.64. The molecule has 29 heavy (non-hydrogen) atoms. The van der Waals surface area contributed by atoms with Gasteiger partial charge in [-0.25, -0.2) is 13.8 Å².